The largest absolute Gasteiger partial charge is 0.357 e. The third kappa shape index (κ3) is 9.23. The Balaban J connectivity index is 0.00000300. The molecule has 0 spiro atoms. The molecule has 0 unspecified atom stereocenters. The molecule has 1 saturated heterocycles. The fraction of sp³-hybridized carbons (Fsp3) is 0.524. The van der Waals surface area contributed by atoms with Crippen LogP contribution in [0.1, 0.15) is 31.7 Å². The molecule has 1 aliphatic heterocycles. The van der Waals surface area contributed by atoms with E-state index in [2.05, 4.69) is 57.8 Å². The van der Waals surface area contributed by atoms with Crippen molar-refractivity contribution in [2.45, 2.75) is 43.1 Å². The summed E-state index contributed by atoms with van der Waals surface area (Å²) < 4.78 is 1.15. The molecule has 160 valence electrons. The second kappa shape index (κ2) is 14.2. The predicted molar refractivity (Wildman–Crippen MR) is 137 cm³/mol. The number of piperidine rings is 1. The summed E-state index contributed by atoms with van der Waals surface area (Å²) in [5, 5.41) is 9.06. The second-order valence-electron chi connectivity index (χ2n) is 6.94. The van der Waals surface area contributed by atoms with E-state index in [-0.39, 0.29) is 24.0 Å². The van der Waals surface area contributed by atoms with Crippen molar-refractivity contribution in [3.63, 3.8) is 0 Å². The lowest BCUT2D eigenvalue weighted by Crippen LogP contribution is -2.48. The molecule has 1 aromatic heterocycles. The molecule has 0 radical (unpaired) electrons. The van der Waals surface area contributed by atoms with Crippen LogP contribution in [-0.2, 0) is 6.54 Å². The SMILES string of the molecule is CCNC(=NCCCSc1nccs1)NC1CCN(Cc2ccccc2)CC1.I. The summed E-state index contributed by atoms with van der Waals surface area (Å²) in [5.41, 5.74) is 1.40. The summed E-state index contributed by atoms with van der Waals surface area (Å²) in [6.45, 7) is 7.19. The van der Waals surface area contributed by atoms with E-state index in [9.17, 15) is 0 Å². The number of rotatable bonds is 9. The molecule has 29 heavy (non-hydrogen) atoms. The van der Waals surface area contributed by atoms with Gasteiger partial charge >= 0.3 is 0 Å². The zero-order chi connectivity index (χ0) is 19.4. The Morgan fingerprint density at radius 1 is 1.28 bits per heavy atom. The fourth-order valence-corrected chi connectivity index (χ4v) is 4.92. The van der Waals surface area contributed by atoms with Gasteiger partial charge in [0, 0.05) is 56.1 Å². The van der Waals surface area contributed by atoms with Gasteiger partial charge in [-0.05, 0) is 31.7 Å². The molecule has 1 aromatic carbocycles. The van der Waals surface area contributed by atoms with E-state index in [1.165, 1.54) is 5.56 Å². The number of halogens is 1. The van der Waals surface area contributed by atoms with E-state index in [0.29, 0.717) is 6.04 Å². The van der Waals surface area contributed by atoms with Gasteiger partial charge in [-0.25, -0.2) is 4.98 Å². The lowest BCUT2D eigenvalue weighted by atomic mass is 10.0. The molecule has 0 bridgehead atoms. The van der Waals surface area contributed by atoms with Crippen LogP contribution >= 0.6 is 47.1 Å². The molecule has 1 fully saturated rings. The van der Waals surface area contributed by atoms with Crippen LogP contribution in [0.4, 0.5) is 0 Å². The van der Waals surface area contributed by atoms with Gasteiger partial charge in [-0.15, -0.1) is 35.3 Å². The Morgan fingerprint density at radius 3 is 2.76 bits per heavy atom. The molecule has 1 aliphatic rings. The molecular formula is C21H32IN5S2. The first kappa shape index (κ1) is 24.4. The zero-order valence-corrected chi connectivity index (χ0v) is 21.0. The van der Waals surface area contributed by atoms with Gasteiger partial charge in [-0.2, -0.15) is 0 Å². The van der Waals surface area contributed by atoms with Gasteiger partial charge in [0.15, 0.2) is 5.96 Å². The first-order valence-electron chi connectivity index (χ1n) is 10.2. The van der Waals surface area contributed by atoms with Crippen molar-refractivity contribution in [3.05, 3.63) is 47.5 Å². The highest BCUT2D eigenvalue weighted by Crippen LogP contribution is 2.20. The van der Waals surface area contributed by atoms with E-state index < -0.39 is 0 Å². The van der Waals surface area contributed by atoms with E-state index in [1.807, 2.05) is 23.3 Å². The Labute approximate surface area is 200 Å². The number of thiazole rings is 1. The Kier molecular flexibility index (Phi) is 12.0. The van der Waals surface area contributed by atoms with Crippen molar-refractivity contribution in [1.29, 1.82) is 0 Å². The Bertz CT molecular complexity index is 688. The van der Waals surface area contributed by atoms with E-state index >= 15 is 0 Å². The Morgan fingerprint density at radius 2 is 2.07 bits per heavy atom. The number of nitrogens with one attached hydrogen (secondary N) is 2. The highest BCUT2D eigenvalue weighted by atomic mass is 127. The maximum absolute atomic E-state index is 4.76. The molecule has 5 nitrogen and oxygen atoms in total. The standard InChI is InChI=1S/C21H31N5S2.HI/c1-2-22-20(23-11-6-15-27-21-24-12-16-28-21)25-19-9-13-26(14-10-19)17-18-7-4-3-5-8-18;/h3-5,7-8,12,16,19H,2,6,9-11,13-15,17H2,1H3,(H2,22,23,25);1H. The van der Waals surface area contributed by atoms with Gasteiger partial charge in [-0.3, -0.25) is 9.89 Å². The van der Waals surface area contributed by atoms with Crippen molar-refractivity contribution in [2.75, 3.05) is 31.9 Å². The molecule has 3 rings (SSSR count). The first-order chi connectivity index (χ1) is 13.8. The number of aliphatic imine (C=N–C) groups is 1. The van der Waals surface area contributed by atoms with Crippen molar-refractivity contribution in [1.82, 2.24) is 20.5 Å². The minimum atomic E-state index is 0. The molecule has 0 amide bonds. The number of hydrogen-bond donors (Lipinski definition) is 2. The number of likely N-dealkylation sites (tertiary alicyclic amines) is 1. The zero-order valence-electron chi connectivity index (χ0n) is 17.0. The van der Waals surface area contributed by atoms with Crippen molar-refractivity contribution in [2.24, 2.45) is 4.99 Å². The summed E-state index contributed by atoms with van der Waals surface area (Å²) in [7, 11) is 0. The normalized spacial score (nSPS) is 15.7. The first-order valence-corrected chi connectivity index (χ1v) is 12.0. The molecule has 8 heteroatoms. The quantitative estimate of drug-likeness (QED) is 0.160. The monoisotopic (exact) mass is 545 g/mol. The second-order valence-corrected chi connectivity index (χ2v) is 9.18. The van der Waals surface area contributed by atoms with Crippen LogP contribution in [0.25, 0.3) is 0 Å². The molecule has 0 aliphatic carbocycles. The van der Waals surface area contributed by atoms with Gasteiger partial charge in [-0.1, -0.05) is 42.1 Å². The van der Waals surface area contributed by atoms with Crippen LogP contribution in [0.5, 0.6) is 0 Å². The molecule has 2 heterocycles. The molecule has 2 aromatic rings. The molecular weight excluding hydrogens is 513 g/mol. The lowest BCUT2D eigenvalue weighted by Gasteiger charge is -2.33. The van der Waals surface area contributed by atoms with E-state index in [1.54, 1.807) is 11.3 Å². The van der Waals surface area contributed by atoms with Gasteiger partial charge in [0.05, 0.1) is 0 Å². The number of aromatic nitrogens is 1. The lowest BCUT2D eigenvalue weighted by molar-refractivity contribution is 0.198. The third-order valence-electron chi connectivity index (χ3n) is 4.73. The number of nitrogens with zero attached hydrogens (tertiary/aromatic N) is 3. The highest BCUT2D eigenvalue weighted by molar-refractivity contribution is 14.0. The maximum atomic E-state index is 4.76. The third-order valence-corrected chi connectivity index (χ3v) is 6.78. The number of hydrogen-bond acceptors (Lipinski definition) is 5. The molecule has 2 N–H and O–H groups in total. The van der Waals surface area contributed by atoms with Crippen molar-refractivity contribution < 1.29 is 0 Å². The molecule has 0 saturated carbocycles. The van der Waals surface area contributed by atoms with Crippen LogP contribution in [0.3, 0.4) is 0 Å². The van der Waals surface area contributed by atoms with Gasteiger partial charge in [0.2, 0.25) is 0 Å². The van der Waals surface area contributed by atoms with Gasteiger partial charge in [0.25, 0.3) is 0 Å². The summed E-state index contributed by atoms with van der Waals surface area (Å²) in [5.74, 6) is 2.03. The van der Waals surface area contributed by atoms with Crippen LogP contribution < -0.4 is 10.6 Å². The van der Waals surface area contributed by atoms with E-state index in [4.69, 9.17) is 4.99 Å². The van der Waals surface area contributed by atoms with Crippen LogP contribution in [0.2, 0.25) is 0 Å². The average molecular weight is 546 g/mol. The average Bonchev–Trinajstić information content (AvgIpc) is 3.24. The number of guanidine groups is 1. The van der Waals surface area contributed by atoms with Crippen molar-refractivity contribution in [3.8, 4) is 0 Å². The number of benzene rings is 1. The maximum Gasteiger partial charge on any atom is 0.191 e. The van der Waals surface area contributed by atoms with Crippen LogP contribution in [0, 0.1) is 0 Å². The van der Waals surface area contributed by atoms with Crippen LogP contribution in [-0.4, -0.2) is 53.8 Å². The minimum absolute atomic E-state index is 0. The summed E-state index contributed by atoms with van der Waals surface area (Å²) >= 11 is 3.53. The van der Waals surface area contributed by atoms with E-state index in [0.717, 1.165) is 68.0 Å². The predicted octanol–water partition coefficient (Wildman–Crippen LogP) is 4.46. The topological polar surface area (TPSA) is 52.6 Å². The smallest absolute Gasteiger partial charge is 0.191 e. The summed E-state index contributed by atoms with van der Waals surface area (Å²) in [6, 6.07) is 11.3. The minimum Gasteiger partial charge on any atom is -0.357 e. The van der Waals surface area contributed by atoms with Gasteiger partial charge < -0.3 is 10.6 Å². The highest BCUT2D eigenvalue weighted by Gasteiger charge is 2.19. The number of thioether (sulfide) groups is 1. The summed E-state index contributed by atoms with van der Waals surface area (Å²) in [4.78, 5) is 11.6. The van der Waals surface area contributed by atoms with Gasteiger partial charge in [0.1, 0.15) is 4.34 Å². The fourth-order valence-electron chi connectivity index (χ4n) is 3.29. The van der Waals surface area contributed by atoms with Crippen LogP contribution in [0.15, 0.2) is 51.2 Å². The molecule has 0 atom stereocenters. The Hall–Kier alpha value is -0.840. The van der Waals surface area contributed by atoms with Crippen molar-refractivity contribution >= 4 is 53.0 Å². The summed E-state index contributed by atoms with van der Waals surface area (Å²) in [6.07, 6.45) is 5.26.